The van der Waals surface area contributed by atoms with Gasteiger partial charge in [0.2, 0.25) is 0 Å². The molecule has 9 aromatic rings. The average Bonchev–Trinajstić information content (AvgIpc) is 0.679. The summed E-state index contributed by atoms with van der Waals surface area (Å²) in [5, 5.41) is 1.49. The summed E-state index contributed by atoms with van der Waals surface area (Å²) in [5.74, 6) is 0. The van der Waals surface area contributed by atoms with Crippen molar-refractivity contribution in [2.24, 2.45) is 0 Å². The molecule has 0 fully saturated rings. The van der Waals surface area contributed by atoms with E-state index in [9.17, 15) is 20.6 Å². The number of rotatable bonds is 6. The topological polar surface area (TPSA) is 9.72 Å². The second kappa shape index (κ2) is 17.4. The minimum atomic E-state index is -1.52. The Morgan fingerprint density at radius 1 is 0.438 bits per heavy atom. The largest absolute Gasteiger partial charge is 0.311 e. The summed E-state index contributed by atoms with van der Waals surface area (Å²) < 4.78 is 155. The van der Waals surface area contributed by atoms with Gasteiger partial charge in [-0.2, -0.15) is 0 Å². The van der Waals surface area contributed by atoms with E-state index in [-0.39, 0.29) is 103 Å². The van der Waals surface area contributed by atoms with E-state index in [1.54, 1.807) is 53.4 Å². The molecular formula is C69H70BN3. The van der Waals surface area contributed by atoms with Crippen LogP contribution in [0.1, 0.15) is 131 Å². The zero-order chi connectivity index (χ0) is 64.4. The van der Waals surface area contributed by atoms with Gasteiger partial charge in [-0.15, -0.1) is 0 Å². The lowest BCUT2D eigenvalue weighted by molar-refractivity contribution is 0.586. The Kier molecular flexibility index (Phi) is 7.99. The lowest BCUT2D eigenvalue weighted by atomic mass is 9.33. The van der Waals surface area contributed by atoms with Crippen molar-refractivity contribution in [3.63, 3.8) is 0 Å². The molecule has 0 N–H and O–H groups in total. The van der Waals surface area contributed by atoms with Gasteiger partial charge in [0.15, 0.2) is 0 Å². The molecule has 0 radical (unpaired) electrons. The maximum Gasteiger partial charge on any atom is 0.252 e. The molecule has 0 unspecified atom stereocenters. The highest BCUT2D eigenvalue weighted by molar-refractivity contribution is 7.00. The van der Waals surface area contributed by atoms with Gasteiger partial charge in [0.1, 0.15) is 0 Å². The highest BCUT2D eigenvalue weighted by Crippen LogP contribution is 2.50. The third-order valence-electron chi connectivity index (χ3n) is 13.9. The average molecular weight is 967 g/mol. The first-order valence-electron chi connectivity index (χ1n) is 32.7. The van der Waals surface area contributed by atoms with Crippen LogP contribution < -0.4 is 31.1 Å². The summed E-state index contributed by atoms with van der Waals surface area (Å²) in [6, 6.07) is 24.4. The van der Waals surface area contributed by atoms with Crippen LogP contribution in [0.3, 0.4) is 0 Å². The van der Waals surface area contributed by atoms with E-state index in [0.717, 1.165) is 16.5 Å². The van der Waals surface area contributed by atoms with Crippen molar-refractivity contribution in [2.45, 2.75) is 112 Å². The first-order valence-corrected chi connectivity index (χ1v) is 25.2. The van der Waals surface area contributed by atoms with Crippen molar-refractivity contribution in [3.8, 4) is 11.1 Å². The summed E-state index contributed by atoms with van der Waals surface area (Å²) in [7, 11) is 0. The first-order chi connectivity index (χ1) is 41.0. The van der Waals surface area contributed by atoms with E-state index >= 15 is 0 Å². The maximum absolute atomic E-state index is 11.3. The summed E-state index contributed by atoms with van der Waals surface area (Å²) in [4.78, 5) is 4.39. The number of anilines is 9. The normalized spacial score (nSPS) is 16.3. The number of fused-ring (bicyclic) bond motifs is 5. The second-order valence-corrected chi connectivity index (χ2v) is 23.5. The molecule has 0 spiro atoms. The predicted molar refractivity (Wildman–Crippen MR) is 318 cm³/mol. The van der Waals surface area contributed by atoms with E-state index < -0.39 is 88.4 Å². The zero-order valence-electron chi connectivity index (χ0n) is 59.2. The molecule has 0 bridgehead atoms. The highest BCUT2D eigenvalue weighted by atomic mass is 15.2. The SMILES string of the molecule is [2H]c1c([2H])c(C(C)(C)C)c([2H])c([2H])c1N1c2c([2H])c([2H])c(C(C)(C)C)c([2H])c2B2c3c([2H])c(C(C)(C)C)c([2H])c([2H])c3N(c3c([2H])c([2H])c(C(C)(C)C)c(C)c3[2H])c3c([2H])c(N(c4cccc(-c5ccccc5)c4)c4cccc5ccccc45)c([2H])c1c32. The maximum atomic E-state index is 11.3. The first kappa shape index (κ1) is 33.4. The third kappa shape index (κ3) is 8.53. The molecule has 364 valence electrons. The van der Waals surface area contributed by atoms with Gasteiger partial charge in [-0.3, -0.25) is 0 Å². The fraction of sp³-hybridized carbons (Fsp3) is 0.246. The third-order valence-corrected chi connectivity index (χ3v) is 13.9. The van der Waals surface area contributed by atoms with Gasteiger partial charge in [-0.1, -0.05) is 204 Å². The van der Waals surface area contributed by atoms with Crippen molar-refractivity contribution < 1.29 is 20.6 Å². The van der Waals surface area contributed by atoms with Crippen LogP contribution >= 0.6 is 0 Å². The predicted octanol–water partition coefficient (Wildman–Crippen LogP) is 17.6. The highest BCUT2D eigenvalue weighted by Gasteiger charge is 2.45. The van der Waals surface area contributed by atoms with Crippen LogP contribution in [-0.2, 0) is 21.7 Å². The number of hydrogen-bond acceptors (Lipinski definition) is 3. The minimum Gasteiger partial charge on any atom is -0.311 e. The van der Waals surface area contributed by atoms with Gasteiger partial charge < -0.3 is 14.7 Å². The van der Waals surface area contributed by atoms with Crippen molar-refractivity contribution in [3.05, 3.63) is 216 Å². The van der Waals surface area contributed by atoms with Crippen molar-refractivity contribution in [1.82, 2.24) is 0 Å². The summed E-state index contributed by atoms with van der Waals surface area (Å²) in [6.07, 6.45) is 0. The van der Waals surface area contributed by atoms with Crippen LogP contribution in [0, 0.1) is 6.92 Å². The number of benzene rings is 9. The molecule has 0 aromatic heterocycles. The Hall–Kier alpha value is -7.30. The van der Waals surface area contributed by atoms with E-state index in [0.29, 0.717) is 27.9 Å². The summed E-state index contributed by atoms with van der Waals surface area (Å²) in [6.45, 7) is 22.0. The second-order valence-electron chi connectivity index (χ2n) is 23.5. The minimum absolute atomic E-state index is 0.0229. The molecule has 2 aliphatic rings. The Labute approximate surface area is 457 Å². The Bertz CT molecular complexity index is 4220. The summed E-state index contributed by atoms with van der Waals surface area (Å²) in [5.41, 5.74) is -1.95. The Balaban J connectivity index is 1.49. The fourth-order valence-electron chi connectivity index (χ4n) is 10.1. The number of nitrogens with zero attached hydrogens (tertiary/aromatic N) is 3. The van der Waals surface area contributed by atoms with Crippen molar-refractivity contribution in [1.29, 1.82) is 0 Å². The molecule has 2 aliphatic heterocycles. The quantitative estimate of drug-likeness (QED) is 0.154. The molecule has 0 saturated heterocycles. The van der Waals surface area contributed by atoms with E-state index in [1.807, 2.05) is 139 Å². The lowest BCUT2D eigenvalue weighted by Crippen LogP contribution is -2.61. The molecule has 73 heavy (non-hydrogen) atoms. The molecule has 9 aromatic carbocycles. The molecule has 2 heterocycles. The molecule has 0 atom stereocenters. The van der Waals surface area contributed by atoms with Gasteiger partial charge in [0.05, 0.1) is 31.9 Å². The van der Waals surface area contributed by atoms with E-state index in [1.165, 1.54) is 9.80 Å². The van der Waals surface area contributed by atoms with Gasteiger partial charge >= 0.3 is 0 Å². The van der Waals surface area contributed by atoms with Crippen molar-refractivity contribution >= 4 is 85.1 Å². The molecule has 0 saturated carbocycles. The molecule has 4 heteroatoms. The van der Waals surface area contributed by atoms with Gasteiger partial charge in [-0.25, -0.2) is 0 Å². The monoisotopic (exact) mass is 967 g/mol. The van der Waals surface area contributed by atoms with Gasteiger partial charge in [0, 0.05) is 45.2 Å². The smallest absolute Gasteiger partial charge is 0.252 e. The van der Waals surface area contributed by atoms with Crippen LogP contribution in [0.15, 0.2) is 188 Å². The standard InChI is InChI=1S/C69H70BN3/c1-45-39-54(35-36-57(45)69(11,12)13)73-62-38-32-51(68(8,9)10)42-59(62)70-58-41-50(67(5,6)7)31-37-61(58)72(52-33-29-49(30-34-52)66(2,3)4)63-43-55(44-64(73)65(63)70)71(60-28-20-24-47-23-17-18-27-56(47)60)53-26-19-25-48(40-53)46-21-15-14-16-22-46/h14-44H,1-13H3/i29D,30D,31D,32D,33D,34D,35D,36D,37D,38D,39D,41D,42D,43D,44D. The number of hydrogen-bond donors (Lipinski definition) is 0. The van der Waals surface area contributed by atoms with Gasteiger partial charge in [-0.05, 0) is 156 Å². The van der Waals surface area contributed by atoms with Gasteiger partial charge in [0.25, 0.3) is 6.71 Å². The molecule has 0 amide bonds. The van der Waals surface area contributed by atoms with E-state index in [4.69, 9.17) is 0 Å². The van der Waals surface area contributed by atoms with Crippen LogP contribution in [0.2, 0.25) is 0 Å². The summed E-state index contributed by atoms with van der Waals surface area (Å²) >= 11 is 0. The van der Waals surface area contributed by atoms with Crippen LogP contribution in [-0.4, -0.2) is 6.71 Å². The van der Waals surface area contributed by atoms with Crippen LogP contribution in [0.4, 0.5) is 51.2 Å². The van der Waals surface area contributed by atoms with Crippen molar-refractivity contribution in [2.75, 3.05) is 14.7 Å². The molecule has 3 nitrogen and oxygen atoms in total. The fourth-order valence-corrected chi connectivity index (χ4v) is 10.1. The van der Waals surface area contributed by atoms with Crippen LogP contribution in [0.25, 0.3) is 21.9 Å². The van der Waals surface area contributed by atoms with E-state index in [2.05, 4.69) is 0 Å². The lowest BCUT2D eigenvalue weighted by Gasteiger charge is -2.46. The molecule has 11 rings (SSSR count). The zero-order valence-corrected chi connectivity index (χ0v) is 44.2. The Morgan fingerprint density at radius 2 is 0.959 bits per heavy atom. The Morgan fingerprint density at radius 3 is 1.56 bits per heavy atom. The molecular weight excluding hydrogens is 882 g/mol. The van der Waals surface area contributed by atoms with Crippen LogP contribution in [0.5, 0.6) is 0 Å². The molecule has 0 aliphatic carbocycles.